The van der Waals surface area contributed by atoms with Crippen LogP contribution in [0.15, 0.2) is 319 Å². The molecule has 0 aliphatic rings. The first-order valence-electron chi connectivity index (χ1n) is 57.6. The number of benzene rings is 12. The molecule has 0 saturated carbocycles. The topological polar surface area (TPSA) is 75.3 Å². The van der Waals surface area contributed by atoms with Crippen molar-refractivity contribution in [3.63, 3.8) is 0 Å². The minimum absolute atomic E-state index is 0.202. The van der Waals surface area contributed by atoms with Crippen LogP contribution in [0.1, 0.15) is 179 Å². The lowest BCUT2D eigenvalue weighted by atomic mass is 9.93. The van der Waals surface area contributed by atoms with Crippen molar-refractivity contribution in [1.82, 2.24) is 9.97 Å². The first-order valence-corrected chi connectivity index (χ1v) is 49.6. The highest BCUT2D eigenvalue weighted by atomic mass is 16.3. The van der Waals surface area contributed by atoms with E-state index in [1.54, 1.807) is 42.1 Å². The van der Waals surface area contributed by atoms with Crippen LogP contribution in [-0.2, 0) is 42.3 Å². The number of pyridine rings is 8. The first-order chi connectivity index (χ1) is 75.7. The fourth-order valence-corrected chi connectivity index (χ4v) is 20.3. The number of aromatic nitrogens is 8. The third-order valence-corrected chi connectivity index (χ3v) is 28.4. The molecule has 10 aromatic heterocycles. The second-order valence-electron chi connectivity index (χ2n) is 39.8. The normalized spacial score (nSPS) is 13.5. The highest BCUT2D eigenvalue weighted by Crippen LogP contribution is 2.44. The number of rotatable bonds is 10. The van der Waals surface area contributed by atoms with Gasteiger partial charge in [-0.2, -0.15) is 0 Å². The Kier molecular flexibility index (Phi) is 23.8. The third kappa shape index (κ3) is 20.7. The number of hydrogen-bond donors (Lipinski definition) is 0. The third-order valence-electron chi connectivity index (χ3n) is 28.4. The first kappa shape index (κ1) is 82.0. The number of furan rings is 2. The molecule has 0 radical (unpaired) electrons. The molecule has 10 nitrogen and oxygen atoms in total. The minimum Gasteiger partial charge on any atom is -0.437 e. The van der Waals surface area contributed by atoms with Gasteiger partial charge in [-0.05, 0) is 337 Å². The van der Waals surface area contributed by atoms with E-state index in [4.69, 9.17) is 30.8 Å². The molecule has 0 amide bonds. The van der Waals surface area contributed by atoms with E-state index in [1.807, 2.05) is 227 Å². The van der Waals surface area contributed by atoms with Gasteiger partial charge < -0.3 is 8.83 Å². The maximum atomic E-state index is 8.30. The highest BCUT2D eigenvalue weighted by molar-refractivity contribution is 6.12. The van der Waals surface area contributed by atoms with Crippen LogP contribution in [-0.4, -0.2) is 9.97 Å². The molecule has 0 spiro atoms. The number of nitrogens with zero attached hydrogens (tertiary/aromatic N) is 8. The Morgan fingerprint density at radius 1 is 0.269 bits per heavy atom. The summed E-state index contributed by atoms with van der Waals surface area (Å²) in [4.78, 5) is 9.03. The van der Waals surface area contributed by atoms with Gasteiger partial charge in [-0.3, -0.25) is 0 Å². The van der Waals surface area contributed by atoms with E-state index < -0.39 is 40.2 Å². The molecule has 10 heteroatoms. The van der Waals surface area contributed by atoms with Crippen molar-refractivity contribution >= 4 is 87.2 Å². The van der Waals surface area contributed by atoms with Crippen LogP contribution in [0.4, 0.5) is 0 Å². The molecule has 726 valence electrons. The van der Waals surface area contributed by atoms with Gasteiger partial charge in [-0.1, -0.05) is 208 Å². The summed E-state index contributed by atoms with van der Waals surface area (Å²) in [6.45, 7) is 25.4. The van der Waals surface area contributed by atoms with E-state index in [0.717, 1.165) is 122 Å². The minimum atomic E-state index is -2.36. The Labute approximate surface area is 880 Å². The number of aryl methyl sites for hydroxylation is 21. The molecule has 0 bridgehead atoms. The predicted molar refractivity (Wildman–Crippen MR) is 608 cm³/mol. The van der Waals surface area contributed by atoms with Crippen molar-refractivity contribution in [2.75, 3.05) is 0 Å². The van der Waals surface area contributed by atoms with Gasteiger partial charge >= 0.3 is 0 Å². The van der Waals surface area contributed by atoms with Crippen molar-refractivity contribution in [3.05, 3.63) is 427 Å². The summed E-state index contributed by atoms with van der Waals surface area (Å²) in [7, 11) is 12.0. The van der Waals surface area contributed by atoms with Crippen LogP contribution in [0.3, 0.4) is 0 Å². The van der Waals surface area contributed by atoms with Gasteiger partial charge in [0.15, 0.2) is 48.3 Å². The van der Waals surface area contributed by atoms with Crippen LogP contribution in [0.25, 0.3) is 177 Å². The smallest absolute Gasteiger partial charge is 0.227 e. The second kappa shape index (κ2) is 42.2. The Bertz CT molecular complexity index is 9500. The molecule has 0 atom stereocenters. The lowest BCUT2D eigenvalue weighted by molar-refractivity contribution is -0.660. The lowest BCUT2D eigenvalue weighted by Gasteiger charge is -2.12. The van der Waals surface area contributed by atoms with E-state index in [1.165, 1.54) is 83.0 Å². The summed E-state index contributed by atoms with van der Waals surface area (Å²) in [6.07, 6.45) is 12.0. The summed E-state index contributed by atoms with van der Waals surface area (Å²) in [6, 6.07) is 91.6. The van der Waals surface area contributed by atoms with Crippen LogP contribution < -0.4 is 27.4 Å². The largest absolute Gasteiger partial charge is 0.437 e. The Balaban J connectivity index is 0.000000131. The molecule has 0 saturated heterocycles. The molecule has 10 heterocycles. The van der Waals surface area contributed by atoms with E-state index in [0.29, 0.717) is 83.7 Å². The Morgan fingerprint density at radius 3 is 1.03 bits per heavy atom. The second-order valence-corrected chi connectivity index (χ2v) is 39.8. The maximum absolute atomic E-state index is 8.30. The van der Waals surface area contributed by atoms with Gasteiger partial charge in [0.1, 0.15) is 42.3 Å². The standard InChI is InChI=1S/C27H25N2O.C26H23N2O.2C22H26N.2C19H20N/c1-16-13-17(2)25(26-24(16)21-12-11-19(4)28-27(21)30-26)23-14-22(18(3)15-29(23)5)20-9-7-6-8-10-20;1-16-14-17(2)24(25-23(16)21-11-10-18(3)27-26(21)29-25)22-15-20(12-13-28(22)4)19-8-6-5-7-9-19;2*1-14(2)18-7-8-20-19(13-18)9-10-23(6)22(20)21-12-15(3)11-16(4)17(21)5;2*1-13-11-14(2)15(3)18(12-13)19-17-8-6-5-7-16(17)9-10-20(19)4/h6-15H,1-5H3;5-15H,1-4H3;2*7-14H,1-6H3;2*5-12H,1-4H3/q6*+1/i1D3,3D3;1D3;4D3,14D;;2D3;. The van der Waals surface area contributed by atoms with Crippen molar-refractivity contribution in [1.29, 1.82) is 0 Å². The summed E-state index contributed by atoms with van der Waals surface area (Å²) < 4.78 is 154. The number of fused-ring (bicyclic) bond motifs is 10. The van der Waals surface area contributed by atoms with E-state index in [9.17, 15) is 0 Å². The fourth-order valence-electron chi connectivity index (χ4n) is 20.3. The van der Waals surface area contributed by atoms with Crippen molar-refractivity contribution in [2.24, 2.45) is 42.3 Å². The summed E-state index contributed by atoms with van der Waals surface area (Å²) in [5.41, 5.74) is 36.5. The maximum Gasteiger partial charge on any atom is 0.227 e. The molecule has 0 fully saturated rings. The van der Waals surface area contributed by atoms with Crippen molar-refractivity contribution in [3.8, 4) is 89.8 Å². The monoisotopic (exact) mass is 1920 g/mol. The summed E-state index contributed by atoms with van der Waals surface area (Å²) >= 11 is 0. The SMILES string of the molecule is Cc1cc(C)c(C)c(-c2c3ccc(C(C)C)cc3cc[n+]2C)c1.Cc1cc(C)c(C)c(-c2c3ccccc3cc[n+]2C)c1.[2H]C([2H])([2H])c1c[n+](C)c(-c2c(C)cc(C([2H])([2H])[2H])c3c2oc2nc(C)ccc23)cc1-c1ccccc1.[2H]C([2H])([2H])c1cc(C)c(-c2cc(-c3ccccc3)cc[n+]2C)c2oc3nc(C)ccc3c12.[2H]C([2H])([2H])c1cc(C)cc(-c2c3ccc(C([2H])(C)C)cc3cc[n+]2C)c1C.[2H]C([2H])([2H])c1cc(C)cc(-c2c3ccccc3cc[n+]2C)c1C. The molecule has 22 aromatic rings. The predicted octanol–water partition coefficient (Wildman–Crippen LogP) is 31.7. The molecule has 12 aromatic carbocycles. The van der Waals surface area contributed by atoms with Gasteiger partial charge in [0.05, 0.1) is 54.9 Å². The molecular formula is C135H140N8O2+6. The Morgan fingerprint density at radius 2 is 0.621 bits per heavy atom. The van der Waals surface area contributed by atoms with Crippen LogP contribution in [0.5, 0.6) is 0 Å². The van der Waals surface area contributed by atoms with Gasteiger partial charge in [-0.15, -0.1) is 0 Å². The van der Waals surface area contributed by atoms with Gasteiger partial charge in [0.25, 0.3) is 0 Å². The van der Waals surface area contributed by atoms with Gasteiger partial charge in [-0.25, -0.2) is 37.4 Å². The van der Waals surface area contributed by atoms with Crippen LogP contribution in [0, 0.1) is 131 Å². The fraction of sp³-hybridized carbons (Fsp3) is 0.230. The highest BCUT2D eigenvalue weighted by Gasteiger charge is 2.30. The van der Waals surface area contributed by atoms with E-state index in [2.05, 4.69) is 245 Å². The zero-order valence-electron chi connectivity index (χ0n) is 104. The average molecular weight is 1920 g/mol. The summed E-state index contributed by atoms with van der Waals surface area (Å²) in [5.74, 6) is -0.111. The zero-order valence-corrected chi connectivity index (χ0v) is 87.9. The number of hydrogen-bond acceptors (Lipinski definition) is 4. The summed E-state index contributed by atoms with van der Waals surface area (Å²) in [5, 5.41) is 12.1. The molecule has 145 heavy (non-hydrogen) atoms. The van der Waals surface area contributed by atoms with Crippen molar-refractivity contribution < 1.29 is 58.2 Å². The molecule has 0 aliphatic carbocycles. The van der Waals surface area contributed by atoms with Crippen LogP contribution in [0.2, 0.25) is 0 Å². The molecular weight excluding hydrogens is 1770 g/mol. The molecule has 0 unspecified atom stereocenters. The Hall–Kier alpha value is -15.5. The van der Waals surface area contributed by atoms with E-state index in [-0.39, 0.29) is 11.1 Å². The van der Waals surface area contributed by atoms with Crippen LogP contribution >= 0.6 is 0 Å². The van der Waals surface area contributed by atoms with Gasteiger partial charge in [0, 0.05) is 103 Å². The molecule has 0 N–H and O–H groups in total. The lowest BCUT2D eigenvalue weighted by Crippen LogP contribution is -2.31. The van der Waals surface area contributed by atoms with Crippen molar-refractivity contribution in [2.45, 2.75) is 171 Å². The quantitative estimate of drug-likeness (QED) is 0.128. The van der Waals surface area contributed by atoms with Gasteiger partial charge in [0.2, 0.25) is 45.6 Å². The van der Waals surface area contributed by atoms with E-state index >= 15 is 0 Å². The average Bonchev–Trinajstić information content (AvgIpc) is 1.57. The molecule has 22 rings (SSSR count). The zero-order chi connectivity index (χ0) is 117. The molecule has 0 aliphatic heterocycles.